The molecular formula is C43H83O9P. The molecule has 0 rings (SSSR count). The molecule has 53 heavy (non-hydrogen) atoms. The van der Waals surface area contributed by atoms with Crippen LogP contribution >= 0.6 is 7.82 Å². The lowest BCUT2D eigenvalue weighted by atomic mass is 10.0. The molecule has 3 unspecified atom stereocenters. The van der Waals surface area contributed by atoms with E-state index in [0.29, 0.717) is 6.61 Å². The largest absolute Gasteiger partial charge is 0.472 e. The number of aliphatic hydroxyl groups is 2. The highest BCUT2D eigenvalue weighted by Crippen LogP contribution is 2.43. The first-order valence-electron chi connectivity index (χ1n) is 21.8. The Morgan fingerprint density at radius 3 is 1.55 bits per heavy atom. The number of unbranched alkanes of at least 4 members (excludes halogenated alkanes) is 24. The van der Waals surface area contributed by atoms with Crippen molar-refractivity contribution < 1.29 is 43.0 Å². The minimum atomic E-state index is -4.51. The van der Waals surface area contributed by atoms with E-state index in [9.17, 15) is 19.4 Å². The summed E-state index contributed by atoms with van der Waals surface area (Å²) >= 11 is 0. The first-order chi connectivity index (χ1) is 25.8. The Morgan fingerprint density at radius 1 is 0.585 bits per heavy atom. The Labute approximate surface area is 325 Å². The van der Waals surface area contributed by atoms with Gasteiger partial charge >= 0.3 is 13.8 Å². The van der Waals surface area contributed by atoms with Crippen molar-refractivity contribution >= 4 is 13.8 Å². The first kappa shape index (κ1) is 51.9. The van der Waals surface area contributed by atoms with Gasteiger partial charge in [-0.1, -0.05) is 173 Å². The van der Waals surface area contributed by atoms with Gasteiger partial charge in [0.2, 0.25) is 0 Å². The number of ether oxygens (including phenoxy) is 2. The average molecular weight is 775 g/mol. The molecule has 10 heteroatoms. The highest BCUT2D eigenvalue weighted by molar-refractivity contribution is 7.47. The zero-order valence-electron chi connectivity index (χ0n) is 34.2. The van der Waals surface area contributed by atoms with Gasteiger partial charge in [0.25, 0.3) is 0 Å². The number of rotatable bonds is 42. The summed E-state index contributed by atoms with van der Waals surface area (Å²) < 4.78 is 33.4. The van der Waals surface area contributed by atoms with Crippen LogP contribution in [0.3, 0.4) is 0 Å². The predicted molar refractivity (Wildman–Crippen MR) is 219 cm³/mol. The second kappa shape index (κ2) is 40.6. The fourth-order valence-corrected chi connectivity index (χ4v) is 6.82. The third-order valence-electron chi connectivity index (χ3n) is 9.39. The molecule has 0 aliphatic rings. The van der Waals surface area contributed by atoms with Crippen molar-refractivity contribution in [3.63, 3.8) is 0 Å². The summed E-state index contributed by atoms with van der Waals surface area (Å²) in [4.78, 5) is 22.6. The van der Waals surface area contributed by atoms with Crippen molar-refractivity contribution in [2.75, 3.05) is 33.0 Å². The molecule has 0 heterocycles. The number of hydrogen-bond acceptors (Lipinski definition) is 8. The highest BCUT2D eigenvalue weighted by atomic mass is 31.2. The van der Waals surface area contributed by atoms with Crippen LogP contribution in [0.1, 0.15) is 200 Å². The van der Waals surface area contributed by atoms with Crippen molar-refractivity contribution in [3.05, 3.63) is 24.3 Å². The number of phosphoric acid groups is 1. The van der Waals surface area contributed by atoms with E-state index in [-0.39, 0.29) is 25.6 Å². The van der Waals surface area contributed by atoms with Crippen molar-refractivity contribution in [3.8, 4) is 0 Å². The van der Waals surface area contributed by atoms with Gasteiger partial charge < -0.3 is 24.6 Å². The van der Waals surface area contributed by atoms with Crippen LogP contribution in [0.2, 0.25) is 0 Å². The summed E-state index contributed by atoms with van der Waals surface area (Å²) in [5, 5.41) is 18.3. The van der Waals surface area contributed by atoms with E-state index in [1.165, 1.54) is 128 Å². The zero-order valence-corrected chi connectivity index (χ0v) is 35.1. The van der Waals surface area contributed by atoms with Gasteiger partial charge in [-0.2, -0.15) is 0 Å². The molecule has 0 radical (unpaired) electrons. The number of esters is 1. The van der Waals surface area contributed by atoms with Crippen LogP contribution < -0.4 is 0 Å². The average Bonchev–Trinajstić information content (AvgIpc) is 3.15. The van der Waals surface area contributed by atoms with E-state index in [1.807, 2.05) is 0 Å². The van der Waals surface area contributed by atoms with E-state index in [1.54, 1.807) is 0 Å². The molecule has 3 N–H and O–H groups in total. The minimum Gasteiger partial charge on any atom is -0.457 e. The molecule has 0 aromatic rings. The fourth-order valence-electron chi connectivity index (χ4n) is 6.03. The Hall–Kier alpha value is -1.06. The van der Waals surface area contributed by atoms with E-state index >= 15 is 0 Å². The molecule has 9 nitrogen and oxygen atoms in total. The Balaban J connectivity index is 4.15. The molecule has 0 aliphatic carbocycles. The number of aliphatic hydroxyl groups excluding tert-OH is 2. The maximum absolute atomic E-state index is 12.6. The second-order valence-electron chi connectivity index (χ2n) is 14.7. The smallest absolute Gasteiger partial charge is 0.457 e. The number of carbonyl (C=O) groups excluding carboxylic acids is 1. The summed E-state index contributed by atoms with van der Waals surface area (Å²) in [5.74, 6) is -0.383. The maximum Gasteiger partial charge on any atom is 0.472 e. The lowest BCUT2D eigenvalue weighted by Gasteiger charge is -2.20. The molecule has 0 fully saturated rings. The molecule has 0 aliphatic heterocycles. The van der Waals surface area contributed by atoms with Crippen LogP contribution in [-0.4, -0.2) is 66.3 Å². The van der Waals surface area contributed by atoms with Crippen molar-refractivity contribution in [2.24, 2.45) is 0 Å². The SMILES string of the molecule is CCCCC/C=C\C/C=C\CCCCCCCCCCOCC(COP(=O)(O)OCC(O)CO)OC(=O)CCCCCCCCCCCCCCCC. The molecule has 0 aromatic carbocycles. The van der Waals surface area contributed by atoms with Gasteiger partial charge in [0.05, 0.1) is 26.4 Å². The molecule has 0 saturated heterocycles. The first-order valence-corrected chi connectivity index (χ1v) is 23.3. The van der Waals surface area contributed by atoms with Gasteiger partial charge in [0, 0.05) is 13.0 Å². The van der Waals surface area contributed by atoms with E-state index in [2.05, 4.69) is 38.2 Å². The van der Waals surface area contributed by atoms with Gasteiger partial charge in [-0.3, -0.25) is 13.8 Å². The van der Waals surface area contributed by atoms with Gasteiger partial charge in [-0.25, -0.2) is 4.57 Å². The predicted octanol–water partition coefficient (Wildman–Crippen LogP) is 11.9. The van der Waals surface area contributed by atoms with Gasteiger partial charge in [0.15, 0.2) is 0 Å². The Morgan fingerprint density at radius 2 is 1.02 bits per heavy atom. The topological polar surface area (TPSA) is 132 Å². The van der Waals surface area contributed by atoms with Gasteiger partial charge in [-0.15, -0.1) is 0 Å². The molecule has 0 aromatic heterocycles. The summed E-state index contributed by atoms with van der Waals surface area (Å²) in [6.07, 6.45) is 41.3. The molecule has 0 amide bonds. The quantitative estimate of drug-likeness (QED) is 0.0240. The van der Waals surface area contributed by atoms with Crippen molar-refractivity contribution in [1.29, 1.82) is 0 Å². The fraction of sp³-hybridized carbons (Fsp3) is 0.884. The summed E-state index contributed by atoms with van der Waals surface area (Å²) in [6.45, 7) is 3.50. The molecule has 0 saturated carbocycles. The number of carbonyl (C=O) groups is 1. The third kappa shape index (κ3) is 40.4. The van der Waals surface area contributed by atoms with E-state index in [4.69, 9.17) is 23.6 Å². The minimum absolute atomic E-state index is 0.0490. The van der Waals surface area contributed by atoms with Crippen LogP contribution in [0.5, 0.6) is 0 Å². The van der Waals surface area contributed by atoms with Crippen molar-refractivity contribution in [1.82, 2.24) is 0 Å². The van der Waals surface area contributed by atoms with Crippen LogP contribution in [0.15, 0.2) is 24.3 Å². The van der Waals surface area contributed by atoms with Crippen molar-refractivity contribution in [2.45, 2.75) is 212 Å². The normalized spacial score (nSPS) is 14.3. The third-order valence-corrected chi connectivity index (χ3v) is 10.3. The summed E-state index contributed by atoms with van der Waals surface area (Å²) in [7, 11) is -4.51. The van der Waals surface area contributed by atoms with E-state index in [0.717, 1.165) is 51.4 Å². The standard InChI is InChI=1S/C43H83O9P/c1-3-5-7-9-11-13-15-17-19-20-21-22-24-26-28-30-32-34-36-49-39-42(40-51-53(47,48)50-38-41(45)37-44)52-43(46)35-33-31-29-27-25-23-18-16-14-12-10-8-6-4-2/h11,13,17,19,41-42,44-45H,3-10,12,14-16,18,20-40H2,1-2H3,(H,47,48)/b13-11-,19-17-. The Bertz CT molecular complexity index is 882. The second-order valence-corrected chi connectivity index (χ2v) is 16.2. The molecule has 3 atom stereocenters. The molecule has 314 valence electrons. The lowest BCUT2D eigenvalue weighted by Crippen LogP contribution is -2.29. The van der Waals surface area contributed by atoms with Gasteiger partial charge in [-0.05, 0) is 44.9 Å². The monoisotopic (exact) mass is 775 g/mol. The van der Waals surface area contributed by atoms with Crippen LogP contribution in [0.25, 0.3) is 0 Å². The molecule has 0 spiro atoms. The lowest BCUT2D eigenvalue weighted by molar-refractivity contribution is -0.154. The van der Waals surface area contributed by atoms with Gasteiger partial charge in [0.1, 0.15) is 12.2 Å². The molecular weight excluding hydrogens is 691 g/mol. The Kier molecular flexibility index (Phi) is 39.8. The summed E-state index contributed by atoms with van der Waals surface area (Å²) in [6, 6.07) is 0. The number of phosphoric ester groups is 1. The van der Waals surface area contributed by atoms with Crippen LogP contribution in [0, 0.1) is 0 Å². The molecule has 0 bridgehead atoms. The van der Waals surface area contributed by atoms with Crippen LogP contribution in [0.4, 0.5) is 0 Å². The summed E-state index contributed by atoms with van der Waals surface area (Å²) in [5.41, 5.74) is 0. The van der Waals surface area contributed by atoms with E-state index < -0.39 is 33.2 Å². The number of hydrogen-bond donors (Lipinski definition) is 3. The zero-order chi connectivity index (χ0) is 38.9. The maximum atomic E-state index is 12.6. The van der Waals surface area contributed by atoms with Crippen LogP contribution in [-0.2, 0) is 27.9 Å². The number of allylic oxidation sites excluding steroid dienone is 4. The highest BCUT2D eigenvalue weighted by Gasteiger charge is 2.26.